The normalized spacial score (nSPS) is 10.1. The number of nitrogen functional groups attached to an aromatic ring is 1. The van der Waals surface area contributed by atoms with Crippen LogP contribution < -0.4 is 19.9 Å². The number of aromatic nitrogens is 1. The maximum absolute atomic E-state index is 5.73. The molecule has 0 unspecified atom stereocenters. The molecule has 5 heteroatoms. The van der Waals surface area contributed by atoms with Gasteiger partial charge in [0.2, 0.25) is 11.8 Å². The highest BCUT2D eigenvalue weighted by atomic mass is 16.5. The first-order valence-corrected chi connectivity index (χ1v) is 6.44. The van der Waals surface area contributed by atoms with Crippen LogP contribution in [0.4, 0.5) is 5.69 Å². The zero-order chi connectivity index (χ0) is 14.4. The van der Waals surface area contributed by atoms with E-state index in [2.05, 4.69) is 11.9 Å². The smallest absolute Gasteiger partial charge is 0.240 e. The van der Waals surface area contributed by atoms with E-state index < -0.39 is 0 Å². The van der Waals surface area contributed by atoms with Crippen molar-refractivity contribution < 1.29 is 14.2 Å². The Kier molecular flexibility index (Phi) is 4.65. The number of anilines is 1. The Balaban J connectivity index is 2.21. The lowest BCUT2D eigenvalue weighted by Gasteiger charge is -2.12. The minimum absolute atomic E-state index is 0.342. The van der Waals surface area contributed by atoms with E-state index in [1.54, 1.807) is 12.1 Å². The molecule has 20 heavy (non-hydrogen) atoms. The molecule has 0 bridgehead atoms. The number of rotatable bonds is 6. The van der Waals surface area contributed by atoms with Gasteiger partial charge in [-0.3, -0.25) is 0 Å². The average molecular weight is 274 g/mol. The first-order valence-electron chi connectivity index (χ1n) is 6.44. The number of para-hydroxylation sites is 2. The van der Waals surface area contributed by atoms with Crippen LogP contribution in [0.25, 0.3) is 0 Å². The van der Waals surface area contributed by atoms with Crippen molar-refractivity contribution in [3.8, 4) is 23.3 Å². The van der Waals surface area contributed by atoms with Gasteiger partial charge in [-0.1, -0.05) is 19.1 Å². The summed E-state index contributed by atoms with van der Waals surface area (Å²) in [4.78, 5) is 4.18. The van der Waals surface area contributed by atoms with Crippen LogP contribution in [0.3, 0.4) is 0 Å². The van der Waals surface area contributed by atoms with Crippen LogP contribution >= 0.6 is 0 Å². The molecule has 0 saturated carbocycles. The third-order valence-electron chi connectivity index (χ3n) is 2.58. The van der Waals surface area contributed by atoms with E-state index >= 15 is 0 Å². The SMILES string of the molecule is CCCOc1ccccc1Oc1ccc(N)c(OC)n1. The van der Waals surface area contributed by atoms with Gasteiger partial charge in [-0.05, 0) is 24.6 Å². The minimum Gasteiger partial charge on any atom is -0.490 e. The van der Waals surface area contributed by atoms with Gasteiger partial charge in [0.05, 0.1) is 19.4 Å². The van der Waals surface area contributed by atoms with Gasteiger partial charge in [0.15, 0.2) is 11.5 Å². The minimum atomic E-state index is 0.342. The van der Waals surface area contributed by atoms with Crippen LogP contribution in [0, 0.1) is 0 Å². The van der Waals surface area contributed by atoms with Gasteiger partial charge < -0.3 is 19.9 Å². The number of pyridine rings is 1. The molecule has 0 atom stereocenters. The van der Waals surface area contributed by atoms with Crippen molar-refractivity contribution in [1.29, 1.82) is 0 Å². The van der Waals surface area contributed by atoms with Crippen LogP contribution in [-0.4, -0.2) is 18.7 Å². The highest BCUT2D eigenvalue weighted by Gasteiger charge is 2.08. The predicted octanol–water partition coefficient (Wildman–Crippen LogP) is 3.25. The van der Waals surface area contributed by atoms with Crippen molar-refractivity contribution in [3.05, 3.63) is 36.4 Å². The molecule has 0 aliphatic rings. The molecular weight excluding hydrogens is 256 g/mol. The van der Waals surface area contributed by atoms with E-state index in [4.69, 9.17) is 19.9 Å². The molecule has 0 amide bonds. The first-order chi connectivity index (χ1) is 9.74. The quantitative estimate of drug-likeness (QED) is 0.875. The van der Waals surface area contributed by atoms with Gasteiger partial charge in [0, 0.05) is 6.07 Å². The Labute approximate surface area is 118 Å². The summed E-state index contributed by atoms with van der Waals surface area (Å²) in [6, 6.07) is 10.8. The maximum atomic E-state index is 5.73. The van der Waals surface area contributed by atoms with Crippen molar-refractivity contribution in [1.82, 2.24) is 4.98 Å². The van der Waals surface area contributed by atoms with Gasteiger partial charge in [0.1, 0.15) is 0 Å². The van der Waals surface area contributed by atoms with Crippen molar-refractivity contribution in [2.75, 3.05) is 19.5 Å². The number of nitrogens with zero attached hydrogens (tertiary/aromatic N) is 1. The summed E-state index contributed by atoms with van der Waals surface area (Å²) in [7, 11) is 1.51. The molecule has 0 aliphatic carbocycles. The van der Waals surface area contributed by atoms with Gasteiger partial charge in [0.25, 0.3) is 0 Å². The highest BCUT2D eigenvalue weighted by Crippen LogP contribution is 2.32. The summed E-state index contributed by atoms with van der Waals surface area (Å²) in [5.41, 5.74) is 6.19. The summed E-state index contributed by atoms with van der Waals surface area (Å²) in [5.74, 6) is 2.05. The van der Waals surface area contributed by atoms with Crippen LogP contribution in [-0.2, 0) is 0 Å². The Hall–Kier alpha value is -2.43. The van der Waals surface area contributed by atoms with E-state index in [9.17, 15) is 0 Å². The molecule has 0 aliphatic heterocycles. The number of ether oxygens (including phenoxy) is 3. The second-order valence-electron chi connectivity index (χ2n) is 4.15. The van der Waals surface area contributed by atoms with Crippen LogP contribution in [0.5, 0.6) is 23.3 Å². The number of methoxy groups -OCH3 is 1. The van der Waals surface area contributed by atoms with Crippen molar-refractivity contribution in [3.63, 3.8) is 0 Å². The molecule has 1 aromatic heterocycles. The fourth-order valence-corrected chi connectivity index (χ4v) is 1.63. The second kappa shape index (κ2) is 6.65. The maximum Gasteiger partial charge on any atom is 0.240 e. The van der Waals surface area contributed by atoms with Crippen LogP contribution in [0.15, 0.2) is 36.4 Å². The largest absolute Gasteiger partial charge is 0.490 e. The fraction of sp³-hybridized carbons (Fsp3) is 0.267. The Bertz CT molecular complexity index is 573. The molecule has 2 aromatic rings. The molecule has 2 rings (SSSR count). The van der Waals surface area contributed by atoms with E-state index in [0.29, 0.717) is 35.6 Å². The monoisotopic (exact) mass is 274 g/mol. The Morgan fingerprint density at radius 1 is 1.10 bits per heavy atom. The summed E-state index contributed by atoms with van der Waals surface area (Å²) in [6.45, 7) is 2.69. The summed E-state index contributed by atoms with van der Waals surface area (Å²) in [5, 5.41) is 0. The van der Waals surface area contributed by atoms with Gasteiger partial charge >= 0.3 is 0 Å². The first kappa shape index (κ1) is 14.0. The molecular formula is C15H18N2O3. The van der Waals surface area contributed by atoms with Gasteiger partial charge in [-0.15, -0.1) is 0 Å². The van der Waals surface area contributed by atoms with Crippen LogP contribution in [0.1, 0.15) is 13.3 Å². The van der Waals surface area contributed by atoms with Crippen LogP contribution in [0.2, 0.25) is 0 Å². The molecule has 0 spiro atoms. The topological polar surface area (TPSA) is 66.6 Å². The fourth-order valence-electron chi connectivity index (χ4n) is 1.63. The van der Waals surface area contributed by atoms with Crippen molar-refractivity contribution in [2.24, 2.45) is 0 Å². The van der Waals surface area contributed by atoms with E-state index in [0.717, 1.165) is 6.42 Å². The van der Waals surface area contributed by atoms with E-state index in [1.807, 2.05) is 24.3 Å². The molecule has 0 saturated heterocycles. The Morgan fingerprint density at radius 3 is 2.55 bits per heavy atom. The lowest BCUT2D eigenvalue weighted by atomic mass is 10.3. The number of hydrogen-bond donors (Lipinski definition) is 1. The average Bonchev–Trinajstić information content (AvgIpc) is 2.48. The number of benzene rings is 1. The standard InChI is InChI=1S/C15H18N2O3/c1-3-10-19-12-6-4-5-7-13(12)20-14-9-8-11(16)15(17-14)18-2/h4-9H,3,10,16H2,1-2H3. The second-order valence-corrected chi connectivity index (χ2v) is 4.15. The van der Waals surface area contributed by atoms with E-state index in [-0.39, 0.29) is 0 Å². The third kappa shape index (κ3) is 3.32. The molecule has 0 radical (unpaired) electrons. The highest BCUT2D eigenvalue weighted by molar-refractivity contribution is 5.50. The molecule has 5 nitrogen and oxygen atoms in total. The molecule has 1 heterocycles. The summed E-state index contributed by atoms with van der Waals surface area (Å²) >= 11 is 0. The van der Waals surface area contributed by atoms with Crippen molar-refractivity contribution in [2.45, 2.75) is 13.3 Å². The molecule has 0 fully saturated rings. The zero-order valence-corrected chi connectivity index (χ0v) is 11.6. The molecule has 2 N–H and O–H groups in total. The van der Waals surface area contributed by atoms with Gasteiger partial charge in [-0.25, -0.2) is 0 Å². The molecule has 1 aromatic carbocycles. The van der Waals surface area contributed by atoms with E-state index in [1.165, 1.54) is 7.11 Å². The zero-order valence-electron chi connectivity index (χ0n) is 11.6. The van der Waals surface area contributed by atoms with Gasteiger partial charge in [-0.2, -0.15) is 4.98 Å². The predicted molar refractivity (Wildman–Crippen MR) is 77.5 cm³/mol. The Morgan fingerprint density at radius 2 is 1.85 bits per heavy atom. The van der Waals surface area contributed by atoms with Crippen molar-refractivity contribution >= 4 is 5.69 Å². The lowest BCUT2D eigenvalue weighted by molar-refractivity contribution is 0.300. The summed E-state index contributed by atoms with van der Waals surface area (Å²) < 4.78 is 16.4. The number of nitrogens with two attached hydrogens (primary N) is 1. The lowest BCUT2D eigenvalue weighted by Crippen LogP contribution is -1.99. The number of hydrogen-bond acceptors (Lipinski definition) is 5. The summed E-state index contributed by atoms with van der Waals surface area (Å²) in [6.07, 6.45) is 0.933. The third-order valence-corrected chi connectivity index (χ3v) is 2.58. The molecule has 106 valence electrons.